The van der Waals surface area contributed by atoms with Crippen molar-refractivity contribution in [1.29, 1.82) is 0 Å². The Morgan fingerprint density at radius 3 is 2.88 bits per heavy atom. The lowest BCUT2D eigenvalue weighted by atomic mass is 10.2. The Bertz CT molecular complexity index is 364. The fourth-order valence-corrected chi connectivity index (χ4v) is 3.11. The van der Waals surface area contributed by atoms with Gasteiger partial charge in [-0.05, 0) is 37.6 Å². The molecule has 2 rings (SSSR count). The normalized spacial score (nSPS) is 19.3. The van der Waals surface area contributed by atoms with Crippen LogP contribution in [-0.4, -0.2) is 33.1 Å². The van der Waals surface area contributed by atoms with Crippen LogP contribution in [0.15, 0.2) is 23.1 Å². The van der Waals surface area contributed by atoms with E-state index < -0.39 is 0 Å². The molecule has 1 unspecified atom stereocenters. The molecule has 1 aliphatic heterocycles. The minimum atomic E-state index is 0.784. The number of hydrogen-bond acceptors (Lipinski definition) is 4. The molecule has 3 nitrogen and oxygen atoms in total. The van der Waals surface area contributed by atoms with E-state index >= 15 is 0 Å². The van der Waals surface area contributed by atoms with Crippen molar-refractivity contribution in [2.24, 2.45) is 5.92 Å². The summed E-state index contributed by atoms with van der Waals surface area (Å²) in [5, 5.41) is 3.39. The van der Waals surface area contributed by atoms with E-state index in [4.69, 9.17) is 9.47 Å². The zero-order valence-electron chi connectivity index (χ0n) is 10.4. The van der Waals surface area contributed by atoms with E-state index in [0.29, 0.717) is 0 Å². The molecule has 0 bridgehead atoms. The van der Waals surface area contributed by atoms with Crippen molar-refractivity contribution >= 4 is 11.8 Å². The second-order valence-corrected chi connectivity index (χ2v) is 5.25. The number of methoxy groups -OCH3 is 2. The summed E-state index contributed by atoms with van der Waals surface area (Å²) in [6, 6.07) is 6.00. The highest BCUT2D eigenvalue weighted by Gasteiger charge is 2.15. The second kappa shape index (κ2) is 6.17. The average Bonchev–Trinajstić information content (AvgIpc) is 2.89. The maximum atomic E-state index is 5.39. The van der Waals surface area contributed by atoms with Gasteiger partial charge in [-0.3, -0.25) is 0 Å². The average molecular weight is 253 g/mol. The number of ether oxygens (including phenoxy) is 2. The van der Waals surface area contributed by atoms with Gasteiger partial charge < -0.3 is 14.8 Å². The van der Waals surface area contributed by atoms with Gasteiger partial charge in [0, 0.05) is 16.7 Å². The summed E-state index contributed by atoms with van der Waals surface area (Å²) >= 11 is 1.87. The van der Waals surface area contributed by atoms with Crippen molar-refractivity contribution in [1.82, 2.24) is 5.32 Å². The highest BCUT2D eigenvalue weighted by molar-refractivity contribution is 7.99. The van der Waals surface area contributed by atoms with Crippen LogP contribution in [0.3, 0.4) is 0 Å². The van der Waals surface area contributed by atoms with Crippen molar-refractivity contribution in [3.63, 3.8) is 0 Å². The van der Waals surface area contributed by atoms with Gasteiger partial charge in [-0.15, -0.1) is 11.8 Å². The fourth-order valence-electron chi connectivity index (χ4n) is 1.96. The molecule has 0 amide bonds. The second-order valence-electron chi connectivity index (χ2n) is 4.19. The largest absolute Gasteiger partial charge is 0.497 e. The molecule has 4 heteroatoms. The molecular formula is C13H19NO2S. The Morgan fingerprint density at radius 1 is 1.35 bits per heavy atom. The molecule has 1 N–H and O–H groups in total. The number of benzene rings is 1. The molecule has 1 heterocycles. The first-order valence-electron chi connectivity index (χ1n) is 5.89. The molecule has 0 saturated carbocycles. The summed E-state index contributed by atoms with van der Waals surface area (Å²) in [6.45, 7) is 2.30. The van der Waals surface area contributed by atoms with E-state index in [2.05, 4.69) is 11.4 Å². The van der Waals surface area contributed by atoms with E-state index in [-0.39, 0.29) is 0 Å². The Balaban J connectivity index is 1.98. The van der Waals surface area contributed by atoms with Crippen LogP contribution in [-0.2, 0) is 0 Å². The van der Waals surface area contributed by atoms with Crippen LogP contribution in [0.2, 0.25) is 0 Å². The van der Waals surface area contributed by atoms with Gasteiger partial charge in [0.2, 0.25) is 0 Å². The highest BCUT2D eigenvalue weighted by Crippen LogP contribution is 2.34. The molecule has 1 saturated heterocycles. The monoisotopic (exact) mass is 253 g/mol. The van der Waals surface area contributed by atoms with Crippen LogP contribution in [0.25, 0.3) is 0 Å². The summed E-state index contributed by atoms with van der Waals surface area (Å²) < 4.78 is 10.6. The zero-order chi connectivity index (χ0) is 12.1. The van der Waals surface area contributed by atoms with Crippen molar-refractivity contribution < 1.29 is 9.47 Å². The topological polar surface area (TPSA) is 30.5 Å². The first-order chi connectivity index (χ1) is 8.33. The summed E-state index contributed by atoms with van der Waals surface area (Å²) in [6.07, 6.45) is 1.28. The predicted molar refractivity (Wildman–Crippen MR) is 71.2 cm³/mol. The number of hydrogen-bond donors (Lipinski definition) is 1. The maximum Gasteiger partial charge on any atom is 0.136 e. The summed E-state index contributed by atoms with van der Waals surface area (Å²) in [7, 11) is 3.38. The minimum absolute atomic E-state index is 0.784. The first-order valence-corrected chi connectivity index (χ1v) is 6.87. The summed E-state index contributed by atoms with van der Waals surface area (Å²) in [4.78, 5) is 1.19. The number of thioether (sulfide) groups is 1. The van der Waals surface area contributed by atoms with Crippen molar-refractivity contribution in [2.45, 2.75) is 11.3 Å². The minimum Gasteiger partial charge on any atom is -0.497 e. The van der Waals surface area contributed by atoms with Crippen LogP contribution in [0.5, 0.6) is 11.5 Å². The third-order valence-electron chi connectivity index (χ3n) is 3.01. The van der Waals surface area contributed by atoms with E-state index in [1.54, 1.807) is 14.2 Å². The predicted octanol–water partition coefficient (Wildman–Crippen LogP) is 2.41. The molecule has 17 heavy (non-hydrogen) atoms. The van der Waals surface area contributed by atoms with Crippen LogP contribution in [0.4, 0.5) is 0 Å². The SMILES string of the molecule is COc1ccc(SCC2CCNC2)c(OC)c1. The Labute approximate surface area is 107 Å². The zero-order valence-corrected chi connectivity index (χ0v) is 11.2. The smallest absolute Gasteiger partial charge is 0.136 e. The lowest BCUT2D eigenvalue weighted by molar-refractivity contribution is 0.387. The Hall–Kier alpha value is -0.870. The Kier molecular flexibility index (Phi) is 4.57. The standard InChI is InChI=1S/C13H19NO2S/c1-15-11-3-4-13(12(7-11)16-2)17-9-10-5-6-14-8-10/h3-4,7,10,14H,5-6,8-9H2,1-2H3. The quantitative estimate of drug-likeness (QED) is 0.816. The van der Waals surface area contributed by atoms with E-state index in [1.165, 1.54) is 11.3 Å². The maximum absolute atomic E-state index is 5.39. The molecule has 94 valence electrons. The molecule has 0 aromatic heterocycles. The molecule has 1 aromatic rings. The van der Waals surface area contributed by atoms with Gasteiger partial charge in [-0.1, -0.05) is 0 Å². The van der Waals surface area contributed by atoms with Crippen LogP contribution in [0, 0.1) is 5.92 Å². The van der Waals surface area contributed by atoms with Gasteiger partial charge >= 0.3 is 0 Å². The highest BCUT2D eigenvalue weighted by atomic mass is 32.2. The molecule has 0 aliphatic carbocycles. The molecular weight excluding hydrogens is 234 g/mol. The molecule has 0 radical (unpaired) electrons. The van der Waals surface area contributed by atoms with Gasteiger partial charge in [-0.2, -0.15) is 0 Å². The summed E-state index contributed by atoms with van der Waals surface area (Å²) in [5.41, 5.74) is 0. The van der Waals surface area contributed by atoms with Gasteiger partial charge in [0.05, 0.1) is 14.2 Å². The van der Waals surface area contributed by atoms with Gasteiger partial charge in [0.15, 0.2) is 0 Å². The van der Waals surface area contributed by atoms with E-state index in [1.807, 2.05) is 23.9 Å². The first kappa shape index (κ1) is 12.6. The fraction of sp³-hybridized carbons (Fsp3) is 0.538. The van der Waals surface area contributed by atoms with Crippen molar-refractivity contribution in [3.8, 4) is 11.5 Å². The molecule has 0 spiro atoms. The molecule has 1 aromatic carbocycles. The van der Waals surface area contributed by atoms with Crippen molar-refractivity contribution in [3.05, 3.63) is 18.2 Å². The molecule has 1 atom stereocenters. The van der Waals surface area contributed by atoms with Gasteiger partial charge in [0.25, 0.3) is 0 Å². The third kappa shape index (κ3) is 3.30. The Morgan fingerprint density at radius 2 is 2.24 bits per heavy atom. The molecule has 1 fully saturated rings. The van der Waals surface area contributed by atoms with Crippen LogP contribution in [0.1, 0.15) is 6.42 Å². The van der Waals surface area contributed by atoms with Crippen LogP contribution < -0.4 is 14.8 Å². The van der Waals surface area contributed by atoms with Crippen LogP contribution >= 0.6 is 11.8 Å². The van der Waals surface area contributed by atoms with Crippen molar-refractivity contribution in [2.75, 3.05) is 33.1 Å². The lowest BCUT2D eigenvalue weighted by Gasteiger charge is -2.12. The third-order valence-corrected chi connectivity index (χ3v) is 4.29. The van der Waals surface area contributed by atoms with E-state index in [9.17, 15) is 0 Å². The number of rotatable bonds is 5. The summed E-state index contributed by atoms with van der Waals surface area (Å²) in [5.74, 6) is 3.68. The van der Waals surface area contributed by atoms with Gasteiger partial charge in [-0.25, -0.2) is 0 Å². The van der Waals surface area contributed by atoms with E-state index in [0.717, 1.165) is 36.3 Å². The van der Waals surface area contributed by atoms with Gasteiger partial charge in [0.1, 0.15) is 11.5 Å². The lowest BCUT2D eigenvalue weighted by Crippen LogP contribution is -2.10. The number of nitrogens with one attached hydrogen (secondary N) is 1. The molecule has 1 aliphatic rings.